The van der Waals surface area contributed by atoms with Crippen molar-refractivity contribution in [2.24, 2.45) is 0 Å². The van der Waals surface area contributed by atoms with E-state index >= 15 is 0 Å². The highest BCUT2D eigenvalue weighted by Gasteiger charge is 2.20. The van der Waals surface area contributed by atoms with E-state index in [1.54, 1.807) is 11.3 Å². The molecule has 0 bridgehead atoms. The van der Waals surface area contributed by atoms with Crippen LogP contribution in [0.2, 0.25) is 0 Å². The number of nitrogens with zero attached hydrogens (tertiary/aromatic N) is 4. The van der Waals surface area contributed by atoms with Crippen LogP contribution in [0.25, 0.3) is 11.0 Å². The minimum Gasteiger partial charge on any atom is -0.383 e. The Morgan fingerprint density at radius 2 is 2.05 bits per heavy atom. The second kappa shape index (κ2) is 4.31. The van der Waals surface area contributed by atoms with Crippen LogP contribution in [-0.2, 0) is 0 Å². The molecule has 98 valence electrons. The van der Waals surface area contributed by atoms with Crippen LogP contribution in [0.5, 0.6) is 0 Å². The zero-order chi connectivity index (χ0) is 13.6. The van der Waals surface area contributed by atoms with E-state index in [1.807, 2.05) is 11.6 Å². The number of aromatic nitrogens is 4. The molecule has 19 heavy (non-hydrogen) atoms. The van der Waals surface area contributed by atoms with Crippen LogP contribution < -0.4 is 5.73 Å². The summed E-state index contributed by atoms with van der Waals surface area (Å²) in [6, 6.07) is 0.144. The Kier molecular flexibility index (Phi) is 2.74. The van der Waals surface area contributed by atoms with Crippen LogP contribution >= 0.6 is 11.3 Å². The van der Waals surface area contributed by atoms with Gasteiger partial charge in [0.2, 0.25) is 0 Å². The van der Waals surface area contributed by atoms with E-state index in [9.17, 15) is 0 Å². The fourth-order valence-corrected chi connectivity index (χ4v) is 3.16. The molecule has 5 nitrogen and oxygen atoms in total. The lowest BCUT2D eigenvalue weighted by atomic mass is 10.2. The molecular formula is C13H15N5S. The van der Waals surface area contributed by atoms with Gasteiger partial charge in [0.1, 0.15) is 22.8 Å². The summed E-state index contributed by atoms with van der Waals surface area (Å²) in [6.45, 7) is 6.27. The van der Waals surface area contributed by atoms with E-state index in [4.69, 9.17) is 5.73 Å². The van der Waals surface area contributed by atoms with Gasteiger partial charge in [-0.3, -0.25) is 0 Å². The van der Waals surface area contributed by atoms with Crippen LogP contribution in [0.4, 0.5) is 5.82 Å². The zero-order valence-corrected chi connectivity index (χ0v) is 11.9. The monoisotopic (exact) mass is 273 g/mol. The largest absolute Gasteiger partial charge is 0.383 e. The Labute approximate surface area is 115 Å². The molecular weight excluding hydrogens is 258 g/mol. The number of fused-ring (bicyclic) bond motifs is 1. The molecule has 0 fully saturated rings. The number of hydrogen-bond donors (Lipinski definition) is 1. The number of rotatable bonds is 2. The first-order valence-corrected chi connectivity index (χ1v) is 6.96. The number of thiazole rings is 1. The quantitative estimate of drug-likeness (QED) is 0.779. The predicted molar refractivity (Wildman–Crippen MR) is 77.3 cm³/mol. The molecule has 3 aromatic heterocycles. The molecule has 0 aliphatic rings. The van der Waals surface area contributed by atoms with Crippen molar-refractivity contribution in [2.45, 2.75) is 26.8 Å². The molecule has 0 aliphatic carbocycles. The van der Waals surface area contributed by atoms with Crippen LogP contribution in [0.1, 0.15) is 29.2 Å². The summed E-state index contributed by atoms with van der Waals surface area (Å²) in [7, 11) is 0. The van der Waals surface area contributed by atoms with Gasteiger partial charge in [-0.15, -0.1) is 11.3 Å². The highest BCUT2D eigenvalue weighted by atomic mass is 32.1. The van der Waals surface area contributed by atoms with E-state index in [-0.39, 0.29) is 6.04 Å². The summed E-state index contributed by atoms with van der Waals surface area (Å²) < 4.78 is 2.18. The van der Waals surface area contributed by atoms with E-state index < -0.39 is 0 Å². The van der Waals surface area contributed by atoms with Gasteiger partial charge < -0.3 is 10.3 Å². The lowest BCUT2D eigenvalue weighted by molar-refractivity contribution is 0.635. The van der Waals surface area contributed by atoms with Gasteiger partial charge in [0.25, 0.3) is 0 Å². The molecule has 0 spiro atoms. The Morgan fingerprint density at radius 3 is 2.74 bits per heavy atom. The van der Waals surface area contributed by atoms with Crippen LogP contribution in [0.3, 0.4) is 0 Å². The van der Waals surface area contributed by atoms with Gasteiger partial charge in [-0.25, -0.2) is 15.0 Å². The Bertz CT molecular complexity index is 729. The van der Waals surface area contributed by atoms with Gasteiger partial charge in [0.15, 0.2) is 0 Å². The van der Waals surface area contributed by atoms with Crippen molar-refractivity contribution < 1.29 is 0 Å². The van der Waals surface area contributed by atoms with Gasteiger partial charge in [-0.05, 0) is 26.3 Å². The van der Waals surface area contributed by atoms with Crippen molar-refractivity contribution in [2.75, 3.05) is 5.73 Å². The average molecular weight is 273 g/mol. The van der Waals surface area contributed by atoms with E-state index in [2.05, 4.69) is 40.3 Å². The standard InChI is InChI=1S/C13H15N5S/c1-7-8(2)18(9(3)13-15-4-5-19-13)12-10(7)11(14)16-6-17-12/h4-6,9H,1-3H3,(H2,14,16,17). The maximum absolute atomic E-state index is 5.98. The number of hydrogen-bond acceptors (Lipinski definition) is 5. The fourth-order valence-electron chi connectivity index (χ4n) is 2.48. The van der Waals surface area contributed by atoms with Crippen LogP contribution in [-0.4, -0.2) is 19.5 Å². The SMILES string of the molecule is Cc1c(C)n(C(C)c2nccs2)c2ncnc(N)c12. The zero-order valence-electron chi connectivity index (χ0n) is 11.1. The highest BCUT2D eigenvalue weighted by molar-refractivity contribution is 7.09. The highest BCUT2D eigenvalue weighted by Crippen LogP contribution is 2.32. The Balaban J connectivity index is 2.30. The van der Waals surface area contributed by atoms with Crippen molar-refractivity contribution in [3.05, 3.63) is 34.2 Å². The molecule has 0 saturated heterocycles. The third-order valence-electron chi connectivity index (χ3n) is 3.56. The summed E-state index contributed by atoms with van der Waals surface area (Å²) in [6.07, 6.45) is 3.34. The van der Waals surface area contributed by atoms with Crippen molar-refractivity contribution in [3.8, 4) is 0 Å². The summed E-state index contributed by atoms with van der Waals surface area (Å²) >= 11 is 1.65. The lowest BCUT2D eigenvalue weighted by Gasteiger charge is -2.14. The topological polar surface area (TPSA) is 69.6 Å². The molecule has 1 unspecified atom stereocenters. The van der Waals surface area contributed by atoms with Crippen molar-refractivity contribution in [1.29, 1.82) is 0 Å². The molecule has 2 N–H and O–H groups in total. The number of anilines is 1. The predicted octanol–water partition coefficient (Wildman–Crippen LogP) is 2.70. The molecule has 1 atom stereocenters. The molecule has 3 aromatic rings. The first-order valence-electron chi connectivity index (χ1n) is 6.08. The minimum absolute atomic E-state index is 0.144. The number of aryl methyl sites for hydroxylation is 1. The van der Waals surface area contributed by atoms with E-state index in [0.29, 0.717) is 5.82 Å². The molecule has 0 radical (unpaired) electrons. The van der Waals surface area contributed by atoms with Gasteiger partial charge in [-0.1, -0.05) is 0 Å². The molecule has 3 heterocycles. The third-order valence-corrected chi connectivity index (χ3v) is 4.51. The molecule has 0 aromatic carbocycles. The fraction of sp³-hybridized carbons (Fsp3) is 0.308. The number of nitrogen functional groups attached to an aromatic ring is 1. The van der Waals surface area contributed by atoms with Gasteiger partial charge in [0.05, 0.1) is 11.4 Å². The summed E-state index contributed by atoms with van der Waals surface area (Å²) in [4.78, 5) is 12.9. The Morgan fingerprint density at radius 1 is 1.26 bits per heavy atom. The lowest BCUT2D eigenvalue weighted by Crippen LogP contribution is -2.09. The normalized spacial score (nSPS) is 13.0. The number of nitrogens with two attached hydrogens (primary N) is 1. The van der Waals surface area contributed by atoms with Gasteiger partial charge in [0, 0.05) is 17.3 Å². The average Bonchev–Trinajstić information content (AvgIpc) is 2.99. The first-order chi connectivity index (χ1) is 9.11. The molecule has 0 aliphatic heterocycles. The van der Waals surface area contributed by atoms with E-state index in [1.165, 1.54) is 6.33 Å². The molecule has 0 amide bonds. The summed E-state index contributed by atoms with van der Waals surface area (Å²) in [5, 5.41) is 4.00. The first kappa shape index (κ1) is 12.1. The van der Waals surface area contributed by atoms with E-state index in [0.717, 1.165) is 27.3 Å². The minimum atomic E-state index is 0.144. The smallest absolute Gasteiger partial charge is 0.146 e. The van der Waals surface area contributed by atoms with Crippen molar-refractivity contribution in [3.63, 3.8) is 0 Å². The second-order valence-corrected chi connectivity index (χ2v) is 5.51. The summed E-state index contributed by atoms with van der Waals surface area (Å²) in [5.74, 6) is 0.538. The van der Waals surface area contributed by atoms with Crippen molar-refractivity contribution >= 4 is 28.2 Å². The van der Waals surface area contributed by atoms with Crippen LogP contribution in [0, 0.1) is 13.8 Å². The maximum Gasteiger partial charge on any atom is 0.146 e. The van der Waals surface area contributed by atoms with Gasteiger partial charge >= 0.3 is 0 Å². The molecule has 0 saturated carbocycles. The van der Waals surface area contributed by atoms with Crippen molar-refractivity contribution in [1.82, 2.24) is 19.5 Å². The molecule has 6 heteroatoms. The Hall–Kier alpha value is -1.95. The maximum atomic E-state index is 5.98. The van der Waals surface area contributed by atoms with Crippen LogP contribution in [0.15, 0.2) is 17.9 Å². The molecule has 3 rings (SSSR count). The summed E-state index contributed by atoms with van der Waals surface area (Å²) in [5.41, 5.74) is 9.15. The third kappa shape index (κ3) is 1.71. The van der Waals surface area contributed by atoms with Gasteiger partial charge in [-0.2, -0.15) is 0 Å². The second-order valence-electron chi connectivity index (χ2n) is 4.58.